The van der Waals surface area contributed by atoms with Crippen molar-refractivity contribution in [2.24, 2.45) is 5.73 Å². The molecule has 4 N–H and O–H groups in total. The number of benzene rings is 1. The average molecular weight is 223 g/mol. The second kappa shape index (κ2) is 4.72. The zero-order valence-corrected chi connectivity index (χ0v) is 9.06. The van der Waals surface area contributed by atoms with Crippen molar-refractivity contribution in [3.63, 3.8) is 0 Å². The minimum absolute atomic E-state index is 0.0275. The number of amides is 1. The van der Waals surface area contributed by atoms with Crippen LogP contribution in [-0.2, 0) is 4.79 Å². The normalized spacial score (nSPS) is 9.20. The fourth-order valence-electron chi connectivity index (χ4n) is 1.02. The first-order chi connectivity index (χ1) is 7.00. The second-order valence-electron chi connectivity index (χ2n) is 3.13. The van der Waals surface area contributed by atoms with Gasteiger partial charge in [-0.05, 0) is 24.6 Å². The molecule has 0 aliphatic carbocycles. The van der Waals surface area contributed by atoms with Gasteiger partial charge in [-0.2, -0.15) is 0 Å². The van der Waals surface area contributed by atoms with E-state index in [1.807, 2.05) is 6.92 Å². The van der Waals surface area contributed by atoms with Gasteiger partial charge >= 0.3 is 0 Å². The van der Waals surface area contributed by atoms with E-state index in [-0.39, 0.29) is 6.42 Å². The van der Waals surface area contributed by atoms with Gasteiger partial charge in [0.15, 0.2) is 0 Å². The monoisotopic (exact) mass is 222 g/mol. The van der Waals surface area contributed by atoms with Crippen LogP contribution in [0.15, 0.2) is 12.1 Å². The molecule has 1 aromatic carbocycles. The van der Waals surface area contributed by atoms with Gasteiger partial charge in [0.25, 0.3) is 0 Å². The zero-order chi connectivity index (χ0) is 11.4. The first kappa shape index (κ1) is 11.4. The second-order valence-corrected chi connectivity index (χ2v) is 3.54. The van der Waals surface area contributed by atoms with E-state index >= 15 is 0 Å². The largest absolute Gasteiger partial charge is 0.398 e. The van der Waals surface area contributed by atoms with Crippen molar-refractivity contribution in [1.29, 1.82) is 0 Å². The van der Waals surface area contributed by atoms with Gasteiger partial charge in [0.1, 0.15) is 0 Å². The fraction of sp³-hybridized carbons (Fsp3) is 0.182. The highest BCUT2D eigenvalue weighted by Crippen LogP contribution is 2.21. The quantitative estimate of drug-likeness (QED) is 0.558. The Bertz CT molecular complexity index is 458. The van der Waals surface area contributed by atoms with Crippen LogP contribution in [0.25, 0.3) is 0 Å². The average Bonchev–Trinajstić information content (AvgIpc) is 2.13. The van der Waals surface area contributed by atoms with Crippen LogP contribution in [0.4, 0.5) is 5.69 Å². The van der Waals surface area contributed by atoms with Crippen LogP contribution in [0.3, 0.4) is 0 Å². The van der Waals surface area contributed by atoms with Gasteiger partial charge in [-0.3, -0.25) is 4.79 Å². The topological polar surface area (TPSA) is 69.1 Å². The predicted octanol–water partition coefficient (Wildman–Crippen LogP) is 1.46. The summed E-state index contributed by atoms with van der Waals surface area (Å²) < 4.78 is 0. The maximum absolute atomic E-state index is 10.5. The van der Waals surface area contributed by atoms with Gasteiger partial charge in [-0.1, -0.05) is 23.4 Å². The highest BCUT2D eigenvalue weighted by atomic mass is 35.5. The molecule has 1 rings (SSSR count). The minimum atomic E-state index is -0.453. The Hall–Kier alpha value is -1.66. The molecular weight excluding hydrogens is 212 g/mol. The number of primary amides is 1. The van der Waals surface area contributed by atoms with E-state index in [0.29, 0.717) is 16.3 Å². The van der Waals surface area contributed by atoms with Crippen molar-refractivity contribution in [2.75, 3.05) is 5.73 Å². The van der Waals surface area contributed by atoms with Crippen LogP contribution in [0.5, 0.6) is 0 Å². The zero-order valence-electron chi connectivity index (χ0n) is 8.30. The molecule has 0 heterocycles. The molecule has 1 amide bonds. The summed E-state index contributed by atoms with van der Waals surface area (Å²) >= 11 is 5.92. The van der Waals surface area contributed by atoms with Crippen LogP contribution in [-0.4, -0.2) is 5.91 Å². The van der Waals surface area contributed by atoms with Gasteiger partial charge in [-0.15, -0.1) is 0 Å². The van der Waals surface area contributed by atoms with Crippen molar-refractivity contribution >= 4 is 23.2 Å². The van der Waals surface area contributed by atoms with Crippen LogP contribution >= 0.6 is 11.6 Å². The molecule has 0 spiro atoms. The molecule has 0 saturated carbocycles. The first-order valence-electron chi connectivity index (χ1n) is 4.33. The third-order valence-corrected chi connectivity index (χ3v) is 2.15. The summed E-state index contributed by atoms with van der Waals surface area (Å²) in [5, 5.41) is 0.482. The minimum Gasteiger partial charge on any atom is -0.398 e. The lowest BCUT2D eigenvalue weighted by Gasteiger charge is -2.02. The molecule has 0 atom stereocenters. The van der Waals surface area contributed by atoms with E-state index in [4.69, 9.17) is 23.1 Å². The number of hydrogen-bond donors (Lipinski definition) is 2. The maximum atomic E-state index is 10.5. The number of anilines is 1. The van der Waals surface area contributed by atoms with Crippen molar-refractivity contribution in [1.82, 2.24) is 0 Å². The first-order valence-corrected chi connectivity index (χ1v) is 4.71. The smallest absolute Gasteiger partial charge is 0.229 e. The lowest BCUT2D eigenvalue weighted by atomic mass is 10.1. The standard InChI is InChI=1S/C11H11ClN2O/c1-7-5-8(3-2-4-11(14)15)9(12)6-10(7)13/h5-6H,4,13H2,1H3,(H2,14,15). The van der Waals surface area contributed by atoms with Crippen LogP contribution < -0.4 is 11.5 Å². The Morgan fingerprint density at radius 2 is 2.20 bits per heavy atom. The molecule has 0 fully saturated rings. The summed E-state index contributed by atoms with van der Waals surface area (Å²) in [6.07, 6.45) is 0.0275. The molecule has 0 unspecified atom stereocenters. The van der Waals surface area contributed by atoms with E-state index in [0.717, 1.165) is 5.56 Å². The highest BCUT2D eigenvalue weighted by Gasteiger charge is 2.01. The summed E-state index contributed by atoms with van der Waals surface area (Å²) in [4.78, 5) is 10.5. The van der Waals surface area contributed by atoms with Gasteiger partial charge in [0.2, 0.25) is 5.91 Å². The Kier molecular flexibility index (Phi) is 3.59. The van der Waals surface area contributed by atoms with E-state index in [9.17, 15) is 4.79 Å². The Morgan fingerprint density at radius 1 is 1.53 bits per heavy atom. The fourth-order valence-corrected chi connectivity index (χ4v) is 1.24. The molecule has 4 heteroatoms. The lowest BCUT2D eigenvalue weighted by molar-refractivity contribution is -0.117. The third-order valence-electron chi connectivity index (χ3n) is 1.84. The predicted molar refractivity (Wildman–Crippen MR) is 61.3 cm³/mol. The summed E-state index contributed by atoms with van der Waals surface area (Å²) in [5.74, 6) is 4.96. The number of halogens is 1. The number of hydrogen-bond acceptors (Lipinski definition) is 2. The molecule has 0 bridgehead atoms. The Morgan fingerprint density at radius 3 is 2.80 bits per heavy atom. The third kappa shape index (κ3) is 3.19. The summed E-state index contributed by atoms with van der Waals surface area (Å²) in [5.41, 5.74) is 12.8. The number of carbonyl (C=O) groups excluding carboxylic acids is 1. The number of nitrogen functional groups attached to an aromatic ring is 1. The molecule has 1 aromatic rings. The summed E-state index contributed by atoms with van der Waals surface area (Å²) in [6, 6.07) is 3.43. The summed E-state index contributed by atoms with van der Waals surface area (Å²) in [7, 11) is 0. The van der Waals surface area contributed by atoms with Crippen molar-refractivity contribution in [2.45, 2.75) is 13.3 Å². The molecule has 15 heavy (non-hydrogen) atoms. The maximum Gasteiger partial charge on any atom is 0.229 e. The molecule has 3 nitrogen and oxygen atoms in total. The van der Waals surface area contributed by atoms with Gasteiger partial charge < -0.3 is 11.5 Å². The molecule has 0 aliphatic heterocycles. The van der Waals surface area contributed by atoms with E-state index in [2.05, 4.69) is 11.8 Å². The number of nitrogens with two attached hydrogens (primary N) is 2. The van der Waals surface area contributed by atoms with Crippen LogP contribution in [0, 0.1) is 18.8 Å². The molecule has 78 valence electrons. The van der Waals surface area contributed by atoms with E-state index < -0.39 is 5.91 Å². The number of aryl methyl sites for hydroxylation is 1. The Balaban J connectivity index is 2.98. The van der Waals surface area contributed by atoms with E-state index in [1.54, 1.807) is 12.1 Å². The van der Waals surface area contributed by atoms with Gasteiger partial charge in [0, 0.05) is 11.3 Å². The highest BCUT2D eigenvalue weighted by molar-refractivity contribution is 6.32. The van der Waals surface area contributed by atoms with Gasteiger partial charge in [0.05, 0.1) is 11.4 Å². The molecule has 0 saturated heterocycles. The van der Waals surface area contributed by atoms with Gasteiger partial charge in [-0.25, -0.2) is 0 Å². The number of rotatable bonds is 1. The molecular formula is C11H11ClN2O. The van der Waals surface area contributed by atoms with E-state index in [1.165, 1.54) is 0 Å². The SMILES string of the molecule is Cc1cc(C#CCC(N)=O)c(Cl)cc1N. The summed E-state index contributed by atoms with van der Waals surface area (Å²) in [6.45, 7) is 1.87. The lowest BCUT2D eigenvalue weighted by Crippen LogP contribution is -2.08. The van der Waals surface area contributed by atoms with Crippen LogP contribution in [0.2, 0.25) is 5.02 Å². The van der Waals surface area contributed by atoms with Crippen molar-refractivity contribution < 1.29 is 4.79 Å². The van der Waals surface area contributed by atoms with Crippen molar-refractivity contribution in [3.05, 3.63) is 28.3 Å². The molecule has 0 aliphatic rings. The van der Waals surface area contributed by atoms with Crippen LogP contribution in [0.1, 0.15) is 17.5 Å². The molecule has 0 radical (unpaired) electrons. The number of carbonyl (C=O) groups is 1. The Labute approximate surface area is 93.4 Å². The molecule has 0 aromatic heterocycles. The van der Waals surface area contributed by atoms with Crippen molar-refractivity contribution in [3.8, 4) is 11.8 Å².